The van der Waals surface area contributed by atoms with Crippen LogP contribution in [0.1, 0.15) is 12.5 Å². The van der Waals surface area contributed by atoms with Crippen LogP contribution in [0.5, 0.6) is 0 Å². The number of hydrogen-bond acceptors (Lipinski definition) is 2. The number of halogens is 1. The largest absolute Gasteiger partial charge is 0.355 e. The van der Waals surface area contributed by atoms with Crippen molar-refractivity contribution in [1.82, 2.24) is 10.6 Å². The summed E-state index contributed by atoms with van der Waals surface area (Å²) >= 11 is 0. The molecule has 2 atom stereocenters. The van der Waals surface area contributed by atoms with E-state index in [1.54, 1.807) is 6.07 Å². The number of carbonyl (C=O) groups excluding carboxylic acids is 1. The Morgan fingerprint density at radius 3 is 3.00 bits per heavy atom. The molecule has 0 radical (unpaired) electrons. The van der Waals surface area contributed by atoms with Crippen molar-refractivity contribution in [2.24, 2.45) is 11.8 Å². The van der Waals surface area contributed by atoms with Gasteiger partial charge in [-0.25, -0.2) is 4.39 Å². The average Bonchev–Trinajstić information content (AvgIpc) is 2.75. The molecule has 2 rings (SSSR count). The smallest absolute Gasteiger partial charge is 0.224 e. The second-order valence-electron chi connectivity index (χ2n) is 4.91. The van der Waals surface area contributed by atoms with Crippen LogP contribution < -0.4 is 10.6 Å². The quantitative estimate of drug-likeness (QED) is 0.846. The molecule has 1 amide bonds. The summed E-state index contributed by atoms with van der Waals surface area (Å²) in [4.78, 5) is 11.9. The molecule has 3 nitrogen and oxygen atoms in total. The molecule has 0 bridgehead atoms. The van der Waals surface area contributed by atoms with Gasteiger partial charge in [-0.05, 0) is 36.6 Å². The average molecular weight is 250 g/mol. The van der Waals surface area contributed by atoms with Crippen LogP contribution in [0.2, 0.25) is 0 Å². The highest BCUT2D eigenvalue weighted by atomic mass is 19.1. The first-order valence-electron chi connectivity index (χ1n) is 6.39. The highest BCUT2D eigenvalue weighted by Crippen LogP contribution is 2.15. The summed E-state index contributed by atoms with van der Waals surface area (Å²) in [5.74, 6) is 0.327. The summed E-state index contributed by atoms with van der Waals surface area (Å²) < 4.78 is 13.0. The molecule has 2 N–H and O–H groups in total. The Morgan fingerprint density at radius 1 is 1.50 bits per heavy atom. The molecular weight excluding hydrogens is 231 g/mol. The SMILES string of the molecule is C[C@@H]1CNC[C@H]1C(=O)NCCc1cccc(F)c1. The van der Waals surface area contributed by atoms with E-state index in [0.29, 0.717) is 18.9 Å². The van der Waals surface area contributed by atoms with Crippen molar-refractivity contribution in [3.8, 4) is 0 Å². The van der Waals surface area contributed by atoms with Crippen molar-refractivity contribution >= 4 is 5.91 Å². The van der Waals surface area contributed by atoms with Gasteiger partial charge in [0, 0.05) is 13.1 Å². The Bertz CT molecular complexity index is 422. The molecular formula is C14H19FN2O. The minimum atomic E-state index is -0.229. The summed E-state index contributed by atoms with van der Waals surface area (Å²) in [7, 11) is 0. The van der Waals surface area contributed by atoms with Crippen LogP contribution in [0.15, 0.2) is 24.3 Å². The van der Waals surface area contributed by atoms with E-state index in [1.807, 2.05) is 6.07 Å². The molecule has 1 saturated heterocycles. The van der Waals surface area contributed by atoms with E-state index in [-0.39, 0.29) is 17.6 Å². The predicted molar refractivity (Wildman–Crippen MR) is 68.6 cm³/mol. The van der Waals surface area contributed by atoms with Crippen LogP contribution in [-0.2, 0) is 11.2 Å². The lowest BCUT2D eigenvalue weighted by molar-refractivity contribution is -0.125. The number of hydrogen-bond donors (Lipinski definition) is 2. The van der Waals surface area contributed by atoms with Gasteiger partial charge in [0.1, 0.15) is 5.82 Å². The Kier molecular flexibility index (Phi) is 4.31. The number of rotatable bonds is 4. The number of amides is 1. The maximum absolute atomic E-state index is 13.0. The van der Waals surface area contributed by atoms with Crippen molar-refractivity contribution in [2.75, 3.05) is 19.6 Å². The third-order valence-corrected chi connectivity index (χ3v) is 3.46. The van der Waals surface area contributed by atoms with E-state index in [0.717, 1.165) is 18.7 Å². The van der Waals surface area contributed by atoms with Crippen molar-refractivity contribution in [3.05, 3.63) is 35.6 Å². The molecule has 1 aromatic rings. The Labute approximate surface area is 107 Å². The van der Waals surface area contributed by atoms with E-state index in [2.05, 4.69) is 17.6 Å². The fourth-order valence-electron chi connectivity index (χ4n) is 2.31. The molecule has 0 aromatic heterocycles. The van der Waals surface area contributed by atoms with E-state index in [1.165, 1.54) is 12.1 Å². The van der Waals surface area contributed by atoms with Crippen molar-refractivity contribution in [3.63, 3.8) is 0 Å². The van der Waals surface area contributed by atoms with E-state index in [9.17, 15) is 9.18 Å². The maximum atomic E-state index is 13.0. The summed E-state index contributed by atoms with van der Waals surface area (Å²) in [5, 5.41) is 6.13. The van der Waals surface area contributed by atoms with Crippen LogP contribution in [0.25, 0.3) is 0 Å². The molecule has 1 heterocycles. The molecule has 1 aliphatic rings. The van der Waals surface area contributed by atoms with E-state index < -0.39 is 0 Å². The fourth-order valence-corrected chi connectivity index (χ4v) is 2.31. The van der Waals surface area contributed by atoms with Crippen LogP contribution >= 0.6 is 0 Å². The van der Waals surface area contributed by atoms with Gasteiger partial charge in [0.05, 0.1) is 5.92 Å². The van der Waals surface area contributed by atoms with Crippen LogP contribution in [0, 0.1) is 17.7 Å². The molecule has 0 unspecified atom stereocenters. The first kappa shape index (κ1) is 13.0. The maximum Gasteiger partial charge on any atom is 0.224 e. The van der Waals surface area contributed by atoms with Crippen LogP contribution in [-0.4, -0.2) is 25.5 Å². The zero-order chi connectivity index (χ0) is 13.0. The molecule has 1 aromatic carbocycles. The molecule has 1 aliphatic heterocycles. The van der Waals surface area contributed by atoms with Crippen LogP contribution in [0.3, 0.4) is 0 Å². The van der Waals surface area contributed by atoms with Gasteiger partial charge in [-0.1, -0.05) is 19.1 Å². The monoisotopic (exact) mass is 250 g/mol. The lowest BCUT2D eigenvalue weighted by atomic mass is 9.97. The van der Waals surface area contributed by atoms with E-state index >= 15 is 0 Å². The molecule has 0 spiro atoms. The van der Waals surface area contributed by atoms with Gasteiger partial charge in [0.25, 0.3) is 0 Å². The first-order chi connectivity index (χ1) is 8.66. The topological polar surface area (TPSA) is 41.1 Å². The molecule has 0 aliphatic carbocycles. The fraction of sp³-hybridized carbons (Fsp3) is 0.500. The van der Waals surface area contributed by atoms with Gasteiger partial charge in [0.2, 0.25) is 5.91 Å². The van der Waals surface area contributed by atoms with Crippen LogP contribution in [0.4, 0.5) is 4.39 Å². The zero-order valence-corrected chi connectivity index (χ0v) is 10.6. The number of carbonyl (C=O) groups is 1. The van der Waals surface area contributed by atoms with Gasteiger partial charge in [-0.3, -0.25) is 4.79 Å². The van der Waals surface area contributed by atoms with Gasteiger partial charge in [-0.2, -0.15) is 0 Å². The summed E-state index contributed by atoms with van der Waals surface area (Å²) in [5.41, 5.74) is 0.910. The number of benzene rings is 1. The highest BCUT2D eigenvalue weighted by Gasteiger charge is 2.28. The summed E-state index contributed by atoms with van der Waals surface area (Å²) in [6, 6.07) is 6.49. The second kappa shape index (κ2) is 5.96. The molecule has 18 heavy (non-hydrogen) atoms. The van der Waals surface area contributed by atoms with Gasteiger partial charge in [0.15, 0.2) is 0 Å². The third kappa shape index (κ3) is 3.29. The predicted octanol–water partition coefficient (Wildman–Crippen LogP) is 1.34. The Morgan fingerprint density at radius 2 is 2.33 bits per heavy atom. The summed E-state index contributed by atoms with van der Waals surface area (Å²) in [6.07, 6.45) is 0.665. The molecule has 98 valence electrons. The minimum Gasteiger partial charge on any atom is -0.355 e. The molecule has 4 heteroatoms. The Hall–Kier alpha value is -1.42. The standard InChI is InChI=1S/C14H19FN2O/c1-10-8-16-9-13(10)14(18)17-6-5-11-3-2-4-12(15)7-11/h2-4,7,10,13,16H,5-6,8-9H2,1H3,(H,17,18)/t10-,13-/m1/s1. The number of nitrogens with one attached hydrogen (secondary N) is 2. The van der Waals surface area contributed by atoms with Gasteiger partial charge in [-0.15, -0.1) is 0 Å². The normalized spacial score (nSPS) is 23.0. The first-order valence-corrected chi connectivity index (χ1v) is 6.39. The minimum absolute atomic E-state index is 0.0671. The van der Waals surface area contributed by atoms with Crippen molar-refractivity contribution < 1.29 is 9.18 Å². The zero-order valence-electron chi connectivity index (χ0n) is 10.6. The second-order valence-corrected chi connectivity index (χ2v) is 4.91. The lowest BCUT2D eigenvalue weighted by Gasteiger charge is -2.14. The van der Waals surface area contributed by atoms with Gasteiger partial charge < -0.3 is 10.6 Å². The molecule has 1 fully saturated rings. The Balaban J connectivity index is 1.77. The van der Waals surface area contributed by atoms with Gasteiger partial charge >= 0.3 is 0 Å². The van der Waals surface area contributed by atoms with Crippen molar-refractivity contribution in [2.45, 2.75) is 13.3 Å². The lowest BCUT2D eigenvalue weighted by Crippen LogP contribution is -2.35. The molecule has 0 saturated carbocycles. The third-order valence-electron chi connectivity index (χ3n) is 3.46. The summed E-state index contributed by atoms with van der Waals surface area (Å²) in [6.45, 7) is 4.30. The van der Waals surface area contributed by atoms with Crippen molar-refractivity contribution in [1.29, 1.82) is 0 Å². The highest BCUT2D eigenvalue weighted by molar-refractivity contribution is 5.79. The van der Waals surface area contributed by atoms with E-state index in [4.69, 9.17) is 0 Å².